The predicted molar refractivity (Wildman–Crippen MR) is 151 cm³/mol. The molecule has 0 saturated carbocycles. The van der Waals surface area contributed by atoms with E-state index in [9.17, 15) is 14.4 Å². The van der Waals surface area contributed by atoms with Crippen LogP contribution in [0.3, 0.4) is 0 Å². The zero-order chi connectivity index (χ0) is 26.3. The van der Waals surface area contributed by atoms with Crippen LogP contribution in [0.4, 0.5) is 5.69 Å². The Bertz CT molecular complexity index is 1350. The van der Waals surface area contributed by atoms with E-state index < -0.39 is 45.3 Å². The third-order valence-corrected chi connectivity index (χ3v) is 9.91. The maximum absolute atomic E-state index is 14.2. The van der Waals surface area contributed by atoms with Crippen molar-refractivity contribution in [1.82, 2.24) is 4.90 Å². The summed E-state index contributed by atoms with van der Waals surface area (Å²) < 4.78 is 1.03. The number of nitrogens with zero attached hydrogens (tertiary/aromatic N) is 1. The van der Waals surface area contributed by atoms with Crippen molar-refractivity contribution in [3.05, 3.63) is 98.6 Å². The van der Waals surface area contributed by atoms with E-state index in [0.29, 0.717) is 5.69 Å². The van der Waals surface area contributed by atoms with E-state index in [2.05, 4.69) is 27.9 Å². The number of anilines is 1. The second-order valence-corrected chi connectivity index (χ2v) is 12.6. The molecule has 37 heavy (non-hydrogen) atoms. The van der Waals surface area contributed by atoms with Crippen LogP contribution in [0.5, 0.6) is 0 Å². The van der Waals surface area contributed by atoms with Crippen molar-refractivity contribution in [2.75, 3.05) is 5.32 Å². The van der Waals surface area contributed by atoms with E-state index in [0.717, 1.165) is 30.7 Å². The molecule has 1 N–H and O–H groups in total. The molecule has 7 rings (SSSR count). The lowest BCUT2D eigenvalue weighted by Crippen LogP contribution is -2.57. The van der Waals surface area contributed by atoms with Crippen molar-refractivity contribution >= 4 is 69.2 Å². The van der Waals surface area contributed by atoms with Gasteiger partial charge >= 0.3 is 0 Å². The van der Waals surface area contributed by atoms with Gasteiger partial charge in [0.1, 0.15) is 15.8 Å². The fraction of sp³-hybridized carbons (Fsp3) is 0.276. The van der Waals surface area contributed by atoms with Gasteiger partial charge in [-0.05, 0) is 75.0 Å². The van der Waals surface area contributed by atoms with Crippen molar-refractivity contribution in [3.63, 3.8) is 0 Å². The molecule has 3 amide bonds. The molecule has 1 aliphatic heterocycles. The smallest absolute Gasteiger partial charge is 0.247 e. The zero-order valence-electron chi connectivity index (χ0n) is 20.0. The predicted octanol–water partition coefficient (Wildman–Crippen LogP) is 5.85. The highest BCUT2D eigenvalue weighted by Crippen LogP contribution is 2.69. The summed E-state index contributed by atoms with van der Waals surface area (Å²) in [6.07, 6.45) is 0. The highest BCUT2D eigenvalue weighted by Gasteiger charge is 2.73. The minimum absolute atomic E-state index is 0.336. The fourth-order valence-corrected chi connectivity index (χ4v) is 7.89. The first-order chi connectivity index (χ1) is 17.6. The number of nitrogens with one attached hydrogen (secondary N) is 1. The van der Waals surface area contributed by atoms with Crippen LogP contribution in [-0.4, -0.2) is 28.7 Å². The van der Waals surface area contributed by atoms with Crippen LogP contribution in [0, 0.1) is 21.3 Å². The molecule has 3 aliphatic carbocycles. The number of imide groups is 1. The summed E-state index contributed by atoms with van der Waals surface area (Å²) in [7, 11) is 0. The summed E-state index contributed by atoms with van der Waals surface area (Å²) >= 11 is 17.2. The normalized spacial score (nSPS) is 28.1. The van der Waals surface area contributed by atoms with Gasteiger partial charge in [-0.1, -0.05) is 62.4 Å². The number of carbonyl (C=O) groups excluding carboxylic acids is 3. The van der Waals surface area contributed by atoms with Gasteiger partial charge in [0, 0.05) is 9.26 Å². The van der Waals surface area contributed by atoms with E-state index >= 15 is 0 Å². The van der Waals surface area contributed by atoms with Crippen molar-refractivity contribution in [3.8, 4) is 0 Å². The van der Waals surface area contributed by atoms with E-state index in [-0.39, 0.29) is 5.92 Å². The lowest BCUT2D eigenvalue weighted by molar-refractivity contribution is -0.148. The van der Waals surface area contributed by atoms with Crippen LogP contribution in [0.15, 0.2) is 72.8 Å². The largest absolute Gasteiger partial charge is 0.324 e. The first-order valence-corrected chi connectivity index (χ1v) is 14.0. The van der Waals surface area contributed by atoms with Crippen molar-refractivity contribution in [1.29, 1.82) is 0 Å². The average Bonchev–Trinajstić information content (AvgIpc) is 3.15. The first-order valence-electron chi connectivity index (χ1n) is 12.1. The monoisotopic (exact) mass is 644 g/mol. The third-order valence-electron chi connectivity index (χ3n) is 7.91. The summed E-state index contributed by atoms with van der Waals surface area (Å²) in [5.74, 6) is -3.55. The molecule has 8 heteroatoms. The molecule has 188 valence electrons. The molecule has 1 saturated heterocycles. The van der Waals surface area contributed by atoms with Gasteiger partial charge in [-0.3, -0.25) is 19.3 Å². The maximum atomic E-state index is 14.2. The van der Waals surface area contributed by atoms with Gasteiger partial charge in [-0.15, -0.1) is 23.2 Å². The molecule has 0 aromatic heterocycles. The Morgan fingerprint density at radius 3 is 1.59 bits per heavy atom. The van der Waals surface area contributed by atoms with E-state index in [1.165, 1.54) is 0 Å². The second kappa shape index (κ2) is 8.55. The fourth-order valence-electron chi connectivity index (χ4n) is 6.43. The van der Waals surface area contributed by atoms with Crippen LogP contribution in [0.1, 0.15) is 36.1 Å². The van der Waals surface area contributed by atoms with Crippen LogP contribution in [0.2, 0.25) is 0 Å². The van der Waals surface area contributed by atoms with Gasteiger partial charge in [0.25, 0.3) is 0 Å². The number of alkyl halides is 2. The molecule has 0 unspecified atom stereocenters. The number of rotatable bonds is 4. The Morgan fingerprint density at radius 2 is 1.22 bits per heavy atom. The topological polar surface area (TPSA) is 66.5 Å². The highest BCUT2D eigenvalue weighted by molar-refractivity contribution is 14.1. The molecule has 1 fully saturated rings. The molecule has 5 nitrogen and oxygen atoms in total. The molecule has 0 radical (unpaired) electrons. The quantitative estimate of drug-likeness (QED) is 0.220. The van der Waals surface area contributed by atoms with Gasteiger partial charge in [-0.25, -0.2) is 0 Å². The summed E-state index contributed by atoms with van der Waals surface area (Å²) in [5.41, 5.74) is 3.53. The van der Waals surface area contributed by atoms with Crippen molar-refractivity contribution in [2.24, 2.45) is 17.8 Å². The maximum Gasteiger partial charge on any atom is 0.247 e. The van der Waals surface area contributed by atoms with Gasteiger partial charge in [0.15, 0.2) is 0 Å². The summed E-state index contributed by atoms with van der Waals surface area (Å²) in [6.45, 7) is 3.65. The molecular formula is C29H23Cl2IN2O3. The number of benzene rings is 3. The highest BCUT2D eigenvalue weighted by atomic mass is 127. The summed E-state index contributed by atoms with van der Waals surface area (Å²) in [6, 6.07) is 21.3. The lowest BCUT2D eigenvalue weighted by Gasteiger charge is -2.54. The van der Waals surface area contributed by atoms with Gasteiger partial charge in [-0.2, -0.15) is 0 Å². The zero-order valence-corrected chi connectivity index (χ0v) is 23.7. The number of amides is 3. The number of halogens is 3. The average molecular weight is 645 g/mol. The molecular weight excluding hydrogens is 622 g/mol. The van der Waals surface area contributed by atoms with Crippen molar-refractivity contribution < 1.29 is 14.4 Å². The summed E-state index contributed by atoms with van der Waals surface area (Å²) in [4.78, 5) is 40.6. The molecule has 3 atom stereocenters. The number of likely N-dealkylation sites (tertiary alicyclic amines) is 1. The Kier molecular flexibility index (Phi) is 5.75. The Balaban J connectivity index is 1.48. The number of carbonyl (C=O) groups is 3. The summed E-state index contributed by atoms with van der Waals surface area (Å²) in [5, 5.41) is 2.89. The van der Waals surface area contributed by atoms with E-state index in [1.54, 1.807) is 12.1 Å². The molecule has 4 aliphatic rings. The Labute approximate surface area is 238 Å². The van der Waals surface area contributed by atoms with E-state index in [1.807, 2.05) is 74.5 Å². The number of hydrogen-bond acceptors (Lipinski definition) is 3. The molecule has 3 aromatic carbocycles. The standard InChI is InChI=1S/C29H23Cl2IN2O3/c1-15(2)24(25(35)33-17-13-11-16(32)12-14-17)34-26(36)22-23(27(34)37)29(31)19-8-4-3-7-18(19)28(22,30)20-9-5-6-10-21(20)29/h3-15,22-24H,1-2H3,(H,33,35)/t22-,23+,24-,28?,29?/m0/s1. The first kappa shape index (κ1) is 24.9. The van der Waals surface area contributed by atoms with Crippen molar-refractivity contribution in [2.45, 2.75) is 29.6 Å². The van der Waals surface area contributed by atoms with Crippen LogP contribution in [-0.2, 0) is 24.1 Å². The van der Waals surface area contributed by atoms with Crippen LogP contribution < -0.4 is 5.32 Å². The Hall–Kier alpha value is -2.42. The SMILES string of the molecule is CC(C)[C@@H](C(=O)Nc1ccc(I)cc1)N1C(=O)[C@@H]2[C@H](C1=O)C1(Cl)c3ccccc3C2(Cl)c2ccccc21. The minimum atomic E-state index is -1.27. The van der Waals surface area contributed by atoms with Crippen LogP contribution in [0.25, 0.3) is 0 Å². The van der Waals surface area contributed by atoms with Gasteiger partial charge in [0.2, 0.25) is 17.7 Å². The molecule has 2 bridgehead atoms. The minimum Gasteiger partial charge on any atom is -0.324 e. The lowest BCUT2D eigenvalue weighted by atomic mass is 9.54. The van der Waals surface area contributed by atoms with Crippen LogP contribution >= 0.6 is 45.8 Å². The van der Waals surface area contributed by atoms with Gasteiger partial charge in [0.05, 0.1) is 11.8 Å². The number of hydrogen-bond donors (Lipinski definition) is 1. The Morgan fingerprint density at radius 1 is 0.811 bits per heavy atom. The molecule has 3 aromatic rings. The molecule has 1 heterocycles. The van der Waals surface area contributed by atoms with Gasteiger partial charge < -0.3 is 5.32 Å². The molecule has 0 spiro atoms. The third kappa shape index (κ3) is 3.25. The second-order valence-electron chi connectivity index (χ2n) is 10.2. The van der Waals surface area contributed by atoms with E-state index in [4.69, 9.17) is 23.2 Å².